The highest BCUT2D eigenvalue weighted by molar-refractivity contribution is 7.88. The normalized spacial score (nSPS) is 30.5. The zero-order valence-electron chi connectivity index (χ0n) is 19.4. The van der Waals surface area contributed by atoms with Gasteiger partial charge < -0.3 is 19.3 Å². The number of nitrogens with zero attached hydrogens (tertiary/aromatic N) is 2. The van der Waals surface area contributed by atoms with Gasteiger partial charge >= 0.3 is 6.09 Å². The van der Waals surface area contributed by atoms with E-state index in [1.807, 2.05) is 6.92 Å². The molecule has 12 heteroatoms. The fourth-order valence-corrected chi connectivity index (χ4v) is 5.97. The summed E-state index contributed by atoms with van der Waals surface area (Å²) in [5.41, 5.74) is 0.783. The van der Waals surface area contributed by atoms with Crippen molar-refractivity contribution in [2.45, 2.75) is 75.8 Å². The van der Waals surface area contributed by atoms with Crippen molar-refractivity contribution in [3.63, 3.8) is 0 Å². The third-order valence-electron chi connectivity index (χ3n) is 6.80. The molecule has 0 radical (unpaired) electrons. The Morgan fingerprint density at radius 1 is 1.24 bits per heavy atom. The van der Waals surface area contributed by atoms with Crippen LogP contribution in [0.5, 0.6) is 5.88 Å². The van der Waals surface area contributed by atoms with Crippen LogP contribution in [0.15, 0.2) is 6.07 Å². The van der Waals surface area contributed by atoms with E-state index < -0.39 is 40.6 Å². The molecule has 190 valence electrons. The second-order valence-corrected chi connectivity index (χ2v) is 11.1. The molecule has 1 amide bonds. The highest BCUT2D eigenvalue weighted by Crippen LogP contribution is 2.36. The first-order valence-electron chi connectivity index (χ1n) is 11.6. The number of nitrogens with one attached hydrogen (secondary N) is 1. The van der Waals surface area contributed by atoms with Crippen LogP contribution in [-0.4, -0.2) is 79.8 Å². The smallest absolute Gasteiger partial charge is 0.410 e. The quantitative estimate of drug-likeness (QED) is 0.640. The van der Waals surface area contributed by atoms with Gasteiger partial charge in [-0.25, -0.2) is 27.3 Å². The third kappa shape index (κ3) is 5.61. The summed E-state index contributed by atoms with van der Waals surface area (Å²) in [5.74, 6) is -0.854. The van der Waals surface area contributed by atoms with Crippen LogP contribution in [0.4, 0.5) is 9.18 Å². The van der Waals surface area contributed by atoms with Crippen molar-refractivity contribution in [1.29, 1.82) is 0 Å². The lowest BCUT2D eigenvalue weighted by Crippen LogP contribution is -2.50. The molecule has 5 rings (SSSR count). The van der Waals surface area contributed by atoms with Gasteiger partial charge in [0.2, 0.25) is 10.0 Å². The summed E-state index contributed by atoms with van der Waals surface area (Å²) in [5, 5.41) is 9.57. The number of carbonyl (C=O) groups is 1. The molecule has 1 saturated carbocycles. The number of hydrogen-bond donors (Lipinski definition) is 2. The van der Waals surface area contributed by atoms with Crippen molar-refractivity contribution in [1.82, 2.24) is 14.6 Å². The van der Waals surface area contributed by atoms with Crippen molar-refractivity contribution >= 4 is 16.1 Å². The summed E-state index contributed by atoms with van der Waals surface area (Å²) in [6.45, 7) is 1.28. The van der Waals surface area contributed by atoms with Gasteiger partial charge in [0.25, 0.3) is 5.88 Å². The number of aliphatic hydroxyl groups is 1. The Kier molecular flexibility index (Phi) is 7.60. The Balaban J connectivity index is 1.58. The minimum Gasteiger partial charge on any atom is -0.472 e. The van der Waals surface area contributed by atoms with Gasteiger partial charge in [0, 0.05) is 29.3 Å². The number of pyridine rings is 1. The van der Waals surface area contributed by atoms with Crippen molar-refractivity contribution in [2.24, 2.45) is 0 Å². The Hall–Kier alpha value is -2.02. The number of halogens is 1. The predicted molar refractivity (Wildman–Crippen MR) is 119 cm³/mol. The highest BCUT2D eigenvalue weighted by atomic mass is 32.2. The van der Waals surface area contributed by atoms with Gasteiger partial charge in [-0.05, 0) is 45.1 Å². The second kappa shape index (κ2) is 10.3. The summed E-state index contributed by atoms with van der Waals surface area (Å²) in [7, 11) is -3.48. The molecule has 4 aliphatic rings. The molecule has 1 unspecified atom stereocenters. The number of aromatic nitrogens is 1. The minimum absolute atomic E-state index is 0.0507. The summed E-state index contributed by atoms with van der Waals surface area (Å²) >= 11 is 0. The maximum absolute atomic E-state index is 14.7. The first-order chi connectivity index (χ1) is 16.2. The molecule has 0 spiro atoms. The predicted octanol–water partition coefficient (Wildman–Crippen LogP) is 1.67. The molecule has 4 bridgehead atoms. The number of amides is 1. The van der Waals surface area contributed by atoms with Gasteiger partial charge in [0.05, 0.1) is 31.6 Å². The number of fused-ring (bicyclic) bond motifs is 7. The second-order valence-electron chi connectivity index (χ2n) is 9.31. The number of aliphatic hydroxyl groups excluding tert-OH is 1. The number of hydrogen-bond acceptors (Lipinski definition) is 8. The molecule has 10 nitrogen and oxygen atoms in total. The number of sulfonamides is 1. The first-order valence-corrected chi connectivity index (χ1v) is 13.5. The lowest BCUT2D eigenvalue weighted by molar-refractivity contribution is -0.0119. The molecule has 3 atom stereocenters. The van der Waals surface area contributed by atoms with Crippen LogP contribution in [-0.2, 0) is 26.1 Å². The topological polar surface area (TPSA) is 127 Å². The largest absolute Gasteiger partial charge is 0.472 e. The molecule has 2 fully saturated rings. The molecule has 1 aliphatic carbocycles. The van der Waals surface area contributed by atoms with Gasteiger partial charge in [-0.1, -0.05) is 0 Å². The number of carbonyl (C=O) groups excluding carboxylic acids is 1. The average molecular weight is 502 g/mol. The summed E-state index contributed by atoms with van der Waals surface area (Å²) < 4.78 is 58.1. The van der Waals surface area contributed by atoms with E-state index in [0.717, 1.165) is 31.9 Å². The molecule has 34 heavy (non-hydrogen) atoms. The van der Waals surface area contributed by atoms with Crippen LogP contribution in [0.3, 0.4) is 0 Å². The van der Waals surface area contributed by atoms with E-state index in [2.05, 4.69) is 9.71 Å². The van der Waals surface area contributed by atoms with Crippen molar-refractivity contribution in [2.75, 3.05) is 26.1 Å². The highest BCUT2D eigenvalue weighted by Gasteiger charge is 2.44. The molecular weight excluding hydrogens is 469 g/mol. The minimum atomic E-state index is -3.48. The molecule has 3 aliphatic heterocycles. The van der Waals surface area contributed by atoms with Gasteiger partial charge in [-0.2, -0.15) is 0 Å². The van der Waals surface area contributed by atoms with Gasteiger partial charge in [-0.15, -0.1) is 0 Å². The van der Waals surface area contributed by atoms with Crippen LogP contribution in [0.25, 0.3) is 0 Å². The zero-order chi connectivity index (χ0) is 24.5. The van der Waals surface area contributed by atoms with Gasteiger partial charge in [-0.3, -0.25) is 4.90 Å². The van der Waals surface area contributed by atoms with E-state index in [0.29, 0.717) is 12.1 Å². The maximum Gasteiger partial charge on any atom is 0.410 e. The Bertz CT molecular complexity index is 1000. The van der Waals surface area contributed by atoms with Crippen molar-refractivity contribution < 1.29 is 36.9 Å². The van der Waals surface area contributed by atoms with E-state index in [9.17, 15) is 22.7 Å². The summed E-state index contributed by atoms with van der Waals surface area (Å²) in [6.07, 6.45) is 3.89. The van der Waals surface area contributed by atoms with Gasteiger partial charge in [0.15, 0.2) is 5.82 Å². The Labute approximate surface area is 198 Å². The molecule has 4 heterocycles. The molecule has 1 aromatic heterocycles. The van der Waals surface area contributed by atoms with Crippen molar-refractivity contribution in [3.8, 4) is 5.88 Å². The van der Waals surface area contributed by atoms with E-state index in [1.165, 1.54) is 4.90 Å². The molecule has 0 aromatic carbocycles. The summed E-state index contributed by atoms with van der Waals surface area (Å²) in [6, 6.07) is 0.316. The third-order valence-corrected chi connectivity index (χ3v) is 7.53. The Morgan fingerprint density at radius 2 is 1.94 bits per heavy atom. The SMILES string of the molecule is C[C@@H]1C[C@H](NS(C)(=O)=O)C2COC3CCC(CC3)c3cc(CO)c(F)c(n3)OCCOC(=O)N21. The number of ether oxygens (including phenoxy) is 3. The monoisotopic (exact) mass is 501 g/mol. The molecule has 1 saturated heterocycles. The molecule has 2 N–H and O–H groups in total. The maximum atomic E-state index is 14.7. The Morgan fingerprint density at radius 3 is 2.62 bits per heavy atom. The standard InChI is InChI=1S/C22H32FN3O7S/c1-13-9-18(25-34(2,29)30)19-12-33-16-5-3-14(4-6-16)17-10-15(11-27)20(23)21(24-17)31-7-8-32-22(28)26(13)19/h10,13-14,16,18-19,25,27H,3-9,11-12H2,1-2H3/t13-,14?,16?,18+,19?/m1/s1. The van der Waals surface area contributed by atoms with Crippen LogP contribution >= 0.6 is 0 Å². The first kappa shape index (κ1) is 25.1. The lowest BCUT2D eigenvalue weighted by atomic mass is 9.84. The fraction of sp³-hybridized carbons (Fsp3) is 0.727. The van der Waals surface area contributed by atoms with Crippen LogP contribution in [0.1, 0.15) is 56.2 Å². The molecular formula is C22H32FN3O7S. The molecule has 1 aromatic rings. The fourth-order valence-electron chi connectivity index (χ4n) is 5.17. The zero-order valence-corrected chi connectivity index (χ0v) is 20.2. The van der Waals surface area contributed by atoms with E-state index in [4.69, 9.17) is 14.2 Å². The van der Waals surface area contributed by atoms with Gasteiger partial charge in [0.1, 0.15) is 13.2 Å². The van der Waals surface area contributed by atoms with E-state index in [-0.39, 0.29) is 49.3 Å². The van der Waals surface area contributed by atoms with Crippen LogP contribution < -0.4 is 9.46 Å². The summed E-state index contributed by atoms with van der Waals surface area (Å²) in [4.78, 5) is 18.8. The lowest BCUT2D eigenvalue weighted by Gasteiger charge is -2.33. The van der Waals surface area contributed by atoms with Crippen LogP contribution in [0.2, 0.25) is 0 Å². The van der Waals surface area contributed by atoms with E-state index in [1.54, 1.807) is 6.07 Å². The van der Waals surface area contributed by atoms with Crippen LogP contribution in [0, 0.1) is 5.82 Å². The van der Waals surface area contributed by atoms with Crippen molar-refractivity contribution in [3.05, 3.63) is 23.1 Å². The van der Waals surface area contributed by atoms with E-state index >= 15 is 0 Å². The number of rotatable bonds is 3. The average Bonchev–Trinajstić information content (AvgIpc) is 3.08.